The Hall–Kier alpha value is -3.23. The first-order valence-electron chi connectivity index (χ1n) is 10.6. The van der Waals surface area contributed by atoms with Gasteiger partial charge >= 0.3 is 12.6 Å². The lowest BCUT2D eigenvalue weighted by molar-refractivity contribution is -0.119. The fourth-order valence-electron chi connectivity index (χ4n) is 3.89. The molecule has 1 aromatic carbocycles. The van der Waals surface area contributed by atoms with Gasteiger partial charge in [-0.25, -0.2) is 9.78 Å². The molecule has 7 nitrogen and oxygen atoms in total. The monoisotopic (exact) mass is 446 g/mol. The van der Waals surface area contributed by atoms with Crippen LogP contribution in [0.3, 0.4) is 0 Å². The third-order valence-corrected chi connectivity index (χ3v) is 5.49. The molecule has 172 valence electrons. The number of carbonyl (C=O) groups excluding carboxylic acids is 2. The second-order valence-corrected chi connectivity index (χ2v) is 8.07. The molecule has 1 N–H and O–H groups in total. The summed E-state index contributed by atoms with van der Waals surface area (Å²) in [7, 11) is 0. The van der Waals surface area contributed by atoms with Crippen molar-refractivity contribution in [2.24, 2.45) is 0 Å². The van der Waals surface area contributed by atoms with Crippen molar-refractivity contribution in [2.75, 3.05) is 23.3 Å². The Morgan fingerprint density at radius 1 is 1.22 bits per heavy atom. The van der Waals surface area contributed by atoms with Crippen molar-refractivity contribution in [3.05, 3.63) is 47.7 Å². The van der Waals surface area contributed by atoms with Crippen molar-refractivity contribution >= 4 is 23.8 Å². The maximum absolute atomic E-state index is 13.5. The van der Waals surface area contributed by atoms with Gasteiger partial charge in [0.1, 0.15) is 5.69 Å². The molecule has 0 aliphatic carbocycles. The quantitative estimate of drug-likeness (QED) is 0.622. The van der Waals surface area contributed by atoms with Crippen molar-refractivity contribution < 1.29 is 23.1 Å². The number of alkyl halides is 2. The van der Waals surface area contributed by atoms with Crippen LogP contribution < -0.4 is 15.0 Å². The lowest BCUT2D eigenvalue weighted by atomic mass is 9.97. The van der Waals surface area contributed by atoms with Crippen molar-refractivity contribution in [3.63, 3.8) is 0 Å². The van der Waals surface area contributed by atoms with Crippen molar-refractivity contribution in [3.8, 4) is 5.88 Å². The normalized spacial score (nSPS) is 14.5. The lowest BCUT2D eigenvalue weighted by Crippen LogP contribution is -2.49. The van der Waals surface area contributed by atoms with Gasteiger partial charge in [0.25, 0.3) is 0 Å². The second kappa shape index (κ2) is 10.4. The SMILES string of the molecule is Cc1ccc(NC(=O)N(c2ccccc2C(C)C)C2CCN(C=O)CC2)c(OC(F)F)n1. The second-order valence-electron chi connectivity index (χ2n) is 8.07. The predicted octanol–water partition coefficient (Wildman–Crippen LogP) is 4.77. The Kier molecular flexibility index (Phi) is 7.61. The van der Waals surface area contributed by atoms with E-state index in [4.69, 9.17) is 0 Å². The molecule has 1 aliphatic rings. The molecule has 0 atom stereocenters. The molecule has 0 radical (unpaired) electrons. The first kappa shape index (κ1) is 23.4. The summed E-state index contributed by atoms with van der Waals surface area (Å²) in [5.41, 5.74) is 2.30. The number of anilines is 2. The first-order chi connectivity index (χ1) is 15.3. The molecule has 0 unspecified atom stereocenters. The van der Waals surface area contributed by atoms with E-state index in [1.165, 1.54) is 6.07 Å². The summed E-state index contributed by atoms with van der Waals surface area (Å²) >= 11 is 0. The smallest absolute Gasteiger partial charge is 0.388 e. The molecule has 1 saturated heterocycles. The van der Waals surface area contributed by atoms with Crippen LogP contribution in [0.1, 0.15) is 43.9 Å². The molecule has 9 heteroatoms. The van der Waals surface area contributed by atoms with Gasteiger partial charge in [-0.05, 0) is 49.4 Å². The number of urea groups is 1. The average Bonchev–Trinajstić information content (AvgIpc) is 2.76. The summed E-state index contributed by atoms with van der Waals surface area (Å²) < 4.78 is 30.3. The zero-order chi connectivity index (χ0) is 23.3. The molecular formula is C23H28F2N4O3. The summed E-state index contributed by atoms with van der Waals surface area (Å²) in [6, 6.07) is 10.1. The molecule has 0 spiro atoms. The van der Waals surface area contributed by atoms with E-state index in [0.29, 0.717) is 31.6 Å². The number of nitrogens with one attached hydrogen (secondary N) is 1. The van der Waals surface area contributed by atoms with Crippen molar-refractivity contribution in [2.45, 2.75) is 52.2 Å². The zero-order valence-electron chi connectivity index (χ0n) is 18.4. The number of aryl methyl sites for hydroxylation is 1. The number of aromatic nitrogens is 1. The number of piperidine rings is 1. The third kappa shape index (κ3) is 5.52. The number of para-hydroxylation sites is 1. The van der Waals surface area contributed by atoms with Crippen LogP contribution in [0.5, 0.6) is 5.88 Å². The molecule has 1 aliphatic heterocycles. The van der Waals surface area contributed by atoms with Gasteiger partial charge in [-0.3, -0.25) is 9.69 Å². The van der Waals surface area contributed by atoms with Crippen LogP contribution >= 0.6 is 0 Å². The van der Waals surface area contributed by atoms with Crippen LogP contribution in [0.25, 0.3) is 0 Å². The Bertz CT molecular complexity index is 947. The minimum atomic E-state index is -3.06. The highest BCUT2D eigenvalue weighted by molar-refractivity contribution is 6.03. The maximum atomic E-state index is 13.5. The van der Waals surface area contributed by atoms with E-state index < -0.39 is 12.6 Å². The highest BCUT2D eigenvalue weighted by Gasteiger charge is 2.31. The highest BCUT2D eigenvalue weighted by atomic mass is 19.3. The Labute approximate surface area is 186 Å². The number of amides is 3. The van der Waals surface area contributed by atoms with Crippen LogP contribution in [0.15, 0.2) is 36.4 Å². The number of hydrogen-bond donors (Lipinski definition) is 1. The molecule has 32 heavy (non-hydrogen) atoms. The van der Waals surface area contributed by atoms with Crippen LogP contribution in [-0.4, -0.2) is 48.1 Å². The molecule has 2 aromatic rings. The Morgan fingerprint density at radius 3 is 2.53 bits per heavy atom. The standard InChI is InChI=1S/C23H28F2N4O3/c1-15(2)18-6-4-5-7-20(18)29(17-10-12-28(14-30)13-11-17)23(31)27-19-9-8-16(3)26-21(19)32-22(24)25/h4-9,14-15,17,22H,10-13H2,1-3H3,(H,27,31). The summed E-state index contributed by atoms with van der Waals surface area (Å²) in [5, 5.41) is 2.71. The summed E-state index contributed by atoms with van der Waals surface area (Å²) in [4.78, 5) is 32.0. The van der Waals surface area contributed by atoms with Crippen LogP contribution in [0.2, 0.25) is 0 Å². The topological polar surface area (TPSA) is 74.8 Å². The highest BCUT2D eigenvalue weighted by Crippen LogP contribution is 2.33. The Balaban J connectivity index is 1.96. The number of ether oxygens (including phenoxy) is 1. The molecule has 0 bridgehead atoms. The zero-order valence-corrected chi connectivity index (χ0v) is 18.4. The largest absolute Gasteiger partial charge is 0.415 e. The Morgan fingerprint density at radius 2 is 1.91 bits per heavy atom. The number of carbonyl (C=O) groups is 2. The van der Waals surface area contributed by atoms with E-state index in [2.05, 4.69) is 15.0 Å². The van der Waals surface area contributed by atoms with Gasteiger partial charge in [-0.15, -0.1) is 0 Å². The van der Waals surface area contributed by atoms with Crippen LogP contribution in [0.4, 0.5) is 25.0 Å². The van der Waals surface area contributed by atoms with Gasteiger partial charge in [-0.2, -0.15) is 8.78 Å². The van der Waals surface area contributed by atoms with Gasteiger partial charge in [0, 0.05) is 30.5 Å². The number of nitrogens with zero attached hydrogens (tertiary/aromatic N) is 3. The van der Waals surface area contributed by atoms with E-state index in [9.17, 15) is 18.4 Å². The third-order valence-electron chi connectivity index (χ3n) is 5.49. The molecule has 3 rings (SSSR count). The average molecular weight is 446 g/mol. The molecule has 1 aromatic heterocycles. The number of halogens is 2. The van der Waals surface area contributed by atoms with Gasteiger partial charge < -0.3 is 15.0 Å². The number of benzene rings is 1. The fourth-order valence-corrected chi connectivity index (χ4v) is 3.89. The van der Waals surface area contributed by atoms with E-state index >= 15 is 0 Å². The predicted molar refractivity (Wildman–Crippen MR) is 118 cm³/mol. The van der Waals surface area contributed by atoms with E-state index in [1.54, 1.807) is 22.8 Å². The minimum absolute atomic E-state index is 0.0678. The minimum Gasteiger partial charge on any atom is -0.415 e. The summed E-state index contributed by atoms with van der Waals surface area (Å²) in [5.74, 6) is -0.170. The van der Waals surface area contributed by atoms with Gasteiger partial charge in [-0.1, -0.05) is 32.0 Å². The molecule has 0 saturated carbocycles. The first-order valence-corrected chi connectivity index (χ1v) is 10.6. The molecule has 3 amide bonds. The number of hydrogen-bond acceptors (Lipinski definition) is 4. The number of rotatable bonds is 7. The summed E-state index contributed by atoms with van der Waals surface area (Å²) in [6.45, 7) is 3.74. The van der Waals surface area contributed by atoms with Crippen LogP contribution in [0, 0.1) is 6.92 Å². The lowest BCUT2D eigenvalue weighted by Gasteiger charge is -2.38. The van der Waals surface area contributed by atoms with Gasteiger partial charge in [0.2, 0.25) is 12.3 Å². The van der Waals surface area contributed by atoms with E-state index in [-0.39, 0.29) is 23.5 Å². The molecule has 1 fully saturated rings. The van der Waals surface area contributed by atoms with E-state index in [0.717, 1.165) is 17.7 Å². The maximum Gasteiger partial charge on any atom is 0.388 e. The van der Waals surface area contributed by atoms with Crippen molar-refractivity contribution in [1.82, 2.24) is 9.88 Å². The van der Waals surface area contributed by atoms with Gasteiger partial charge in [0.15, 0.2) is 0 Å². The number of likely N-dealkylation sites (tertiary alicyclic amines) is 1. The van der Waals surface area contributed by atoms with E-state index in [1.807, 2.05) is 38.1 Å². The van der Waals surface area contributed by atoms with Gasteiger partial charge in [0.05, 0.1) is 0 Å². The summed E-state index contributed by atoms with van der Waals surface area (Å²) in [6.07, 6.45) is 2.02. The number of pyridine rings is 1. The fraction of sp³-hybridized carbons (Fsp3) is 0.435. The molecular weight excluding hydrogens is 418 g/mol. The molecule has 2 heterocycles. The van der Waals surface area contributed by atoms with Crippen LogP contribution in [-0.2, 0) is 4.79 Å². The van der Waals surface area contributed by atoms with Crippen molar-refractivity contribution in [1.29, 1.82) is 0 Å².